The number of fused-ring (bicyclic) bond motifs is 3. The van der Waals surface area contributed by atoms with Gasteiger partial charge in [-0.15, -0.1) is 11.3 Å². The molecule has 0 spiro atoms. The first-order chi connectivity index (χ1) is 9.83. The maximum atomic E-state index is 2.35. The van der Waals surface area contributed by atoms with Gasteiger partial charge in [-0.2, -0.15) is 0 Å². The largest absolute Gasteiger partial charge is 0.135 e. The van der Waals surface area contributed by atoms with Gasteiger partial charge in [0.05, 0.1) is 0 Å². The molecule has 0 aliphatic carbocycles. The van der Waals surface area contributed by atoms with Crippen molar-refractivity contribution in [2.75, 3.05) is 0 Å². The third-order valence-corrected chi connectivity index (χ3v) is 5.50. The van der Waals surface area contributed by atoms with Crippen LogP contribution in [0.2, 0.25) is 0 Å². The van der Waals surface area contributed by atoms with Crippen molar-refractivity contribution in [3.8, 4) is 11.1 Å². The minimum absolute atomic E-state index is 1.27. The van der Waals surface area contributed by atoms with E-state index in [1.165, 1.54) is 34.9 Å². The quantitative estimate of drug-likeness (QED) is 0.336. The molecule has 0 N–H and O–H groups in total. The Morgan fingerprint density at radius 1 is 0.700 bits per heavy atom. The lowest BCUT2D eigenvalue weighted by molar-refractivity contribution is 1.63. The van der Waals surface area contributed by atoms with E-state index in [1.807, 2.05) is 11.3 Å². The van der Waals surface area contributed by atoms with E-state index >= 15 is 0 Å². The molecule has 0 aliphatic heterocycles. The van der Waals surface area contributed by atoms with Crippen molar-refractivity contribution in [2.24, 2.45) is 0 Å². The lowest BCUT2D eigenvalue weighted by atomic mass is 10.0. The maximum absolute atomic E-state index is 2.35. The summed E-state index contributed by atoms with van der Waals surface area (Å²) in [5.41, 5.74) is 2.63. The summed E-state index contributed by atoms with van der Waals surface area (Å²) in [6.07, 6.45) is 0. The number of hydrogen-bond donors (Lipinski definition) is 0. The highest BCUT2D eigenvalue weighted by Crippen LogP contribution is 2.39. The number of rotatable bonds is 1. The van der Waals surface area contributed by atoms with Crippen molar-refractivity contribution in [3.05, 3.63) is 70.3 Å². The van der Waals surface area contributed by atoms with Gasteiger partial charge >= 0.3 is 0 Å². The molecular weight excluding hydrogens is 375 g/mol. The molecule has 1 aromatic heterocycles. The van der Waals surface area contributed by atoms with Crippen LogP contribution in [0, 0.1) is 3.57 Å². The van der Waals surface area contributed by atoms with Crippen LogP contribution < -0.4 is 0 Å². The summed E-state index contributed by atoms with van der Waals surface area (Å²) in [7, 11) is 0. The van der Waals surface area contributed by atoms with E-state index in [2.05, 4.69) is 89.3 Å². The van der Waals surface area contributed by atoms with E-state index in [9.17, 15) is 0 Å². The van der Waals surface area contributed by atoms with Gasteiger partial charge in [0.2, 0.25) is 0 Å². The molecule has 0 nitrogen and oxygen atoms in total. The summed E-state index contributed by atoms with van der Waals surface area (Å²) in [5.74, 6) is 0. The highest BCUT2D eigenvalue weighted by molar-refractivity contribution is 14.1. The fourth-order valence-corrected chi connectivity index (χ4v) is 4.20. The van der Waals surface area contributed by atoms with Crippen LogP contribution in [0.4, 0.5) is 0 Å². The van der Waals surface area contributed by atoms with Crippen LogP contribution in [0.5, 0.6) is 0 Å². The Hall–Kier alpha value is -1.39. The van der Waals surface area contributed by atoms with E-state index in [-0.39, 0.29) is 0 Å². The molecular formula is C18H11IS. The molecule has 0 amide bonds. The highest BCUT2D eigenvalue weighted by Gasteiger charge is 2.09. The first-order valence-corrected chi connectivity index (χ1v) is 8.39. The molecule has 2 heteroatoms. The second-order valence-corrected chi connectivity index (χ2v) is 7.09. The monoisotopic (exact) mass is 386 g/mol. The number of thiophene rings is 1. The zero-order chi connectivity index (χ0) is 13.5. The van der Waals surface area contributed by atoms with Crippen molar-refractivity contribution in [3.63, 3.8) is 0 Å². The van der Waals surface area contributed by atoms with Gasteiger partial charge in [0.1, 0.15) is 0 Å². The normalized spacial score (nSPS) is 11.2. The average molecular weight is 386 g/mol. The van der Waals surface area contributed by atoms with Gasteiger partial charge in [-0.1, -0.05) is 48.5 Å². The first kappa shape index (κ1) is 12.4. The lowest BCUT2D eigenvalue weighted by Crippen LogP contribution is -1.78. The SMILES string of the molecule is Ic1ccc(-c2cccc3c2sc2ccccc23)cc1. The van der Waals surface area contributed by atoms with E-state index < -0.39 is 0 Å². The van der Waals surface area contributed by atoms with Gasteiger partial charge in [0.15, 0.2) is 0 Å². The zero-order valence-corrected chi connectivity index (χ0v) is 13.6. The minimum Gasteiger partial charge on any atom is -0.135 e. The van der Waals surface area contributed by atoms with Crippen LogP contribution in [0.25, 0.3) is 31.3 Å². The second-order valence-electron chi connectivity index (χ2n) is 4.79. The number of benzene rings is 3. The van der Waals surface area contributed by atoms with Gasteiger partial charge in [-0.05, 0) is 51.9 Å². The molecule has 3 aromatic carbocycles. The third kappa shape index (κ3) is 1.95. The van der Waals surface area contributed by atoms with Gasteiger partial charge in [-0.3, -0.25) is 0 Å². The fourth-order valence-electron chi connectivity index (χ4n) is 2.60. The van der Waals surface area contributed by atoms with Crippen LogP contribution in [0.1, 0.15) is 0 Å². The molecule has 0 saturated heterocycles. The molecule has 0 radical (unpaired) electrons. The zero-order valence-electron chi connectivity index (χ0n) is 10.6. The molecule has 0 atom stereocenters. The van der Waals surface area contributed by atoms with Crippen LogP contribution >= 0.6 is 33.9 Å². The Balaban J connectivity index is 2.07. The molecule has 0 saturated carbocycles. The summed E-state index contributed by atoms with van der Waals surface area (Å²) >= 11 is 4.23. The molecule has 0 aliphatic rings. The van der Waals surface area contributed by atoms with E-state index in [1.54, 1.807) is 0 Å². The molecule has 4 rings (SSSR count). The van der Waals surface area contributed by atoms with Crippen LogP contribution in [-0.4, -0.2) is 0 Å². The van der Waals surface area contributed by atoms with Crippen molar-refractivity contribution in [2.45, 2.75) is 0 Å². The Bertz CT molecular complexity index is 904. The van der Waals surface area contributed by atoms with Crippen molar-refractivity contribution in [1.82, 2.24) is 0 Å². The summed E-state index contributed by atoms with van der Waals surface area (Å²) in [5, 5.41) is 2.72. The van der Waals surface area contributed by atoms with Crippen LogP contribution in [0.15, 0.2) is 66.7 Å². The van der Waals surface area contributed by atoms with Gasteiger partial charge in [0.25, 0.3) is 0 Å². The highest BCUT2D eigenvalue weighted by atomic mass is 127. The summed E-state index contributed by atoms with van der Waals surface area (Å²) < 4.78 is 4.02. The minimum atomic E-state index is 1.27. The average Bonchev–Trinajstić information content (AvgIpc) is 2.87. The van der Waals surface area contributed by atoms with Crippen molar-refractivity contribution in [1.29, 1.82) is 0 Å². The van der Waals surface area contributed by atoms with E-state index in [4.69, 9.17) is 0 Å². The standard InChI is InChI=1S/C18H11IS/c19-13-10-8-12(9-11-13)14-5-3-6-16-15-4-1-2-7-17(15)20-18(14)16/h1-11H. The Labute approximate surface area is 135 Å². The van der Waals surface area contributed by atoms with E-state index in [0.717, 1.165) is 0 Å². The van der Waals surface area contributed by atoms with Gasteiger partial charge < -0.3 is 0 Å². The molecule has 0 unspecified atom stereocenters. The molecule has 0 fully saturated rings. The van der Waals surface area contributed by atoms with Crippen molar-refractivity contribution < 1.29 is 0 Å². The first-order valence-electron chi connectivity index (χ1n) is 6.49. The Morgan fingerprint density at radius 2 is 1.45 bits per heavy atom. The lowest BCUT2D eigenvalue weighted by Gasteiger charge is -2.03. The number of hydrogen-bond acceptors (Lipinski definition) is 1. The Morgan fingerprint density at radius 3 is 2.30 bits per heavy atom. The predicted octanol–water partition coefficient (Wildman–Crippen LogP) is 6.33. The van der Waals surface area contributed by atoms with Gasteiger partial charge in [-0.25, -0.2) is 0 Å². The molecule has 1 heterocycles. The smallest absolute Gasteiger partial charge is 0.0433 e. The molecule has 96 valence electrons. The Kier molecular flexibility index (Phi) is 3.00. The fraction of sp³-hybridized carbons (Fsp3) is 0. The summed E-state index contributed by atoms with van der Waals surface area (Å²) in [4.78, 5) is 0. The van der Waals surface area contributed by atoms with Crippen molar-refractivity contribution >= 4 is 54.1 Å². The summed E-state index contributed by atoms with van der Waals surface area (Å²) in [6, 6.07) is 24.0. The van der Waals surface area contributed by atoms with Gasteiger partial charge in [0, 0.05) is 23.7 Å². The van der Waals surface area contributed by atoms with Crippen LogP contribution in [0.3, 0.4) is 0 Å². The molecule has 0 bridgehead atoms. The molecule has 20 heavy (non-hydrogen) atoms. The summed E-state index contributed by atoms with van der Waals surface area (Å²) in [6.45, 7) is 0. The van der Waals surface area contributed by atoms with E-state index in [0.29, 0.717) is 0 Å². The maximum Gasteiger partial charge on any atom is 0.0433 e. The van der Waals surface area contributed by atoms with Crippen LogP contribution in [-0.2, 0) is 0 Å². The predicted molar refractivity (Wildman–Crippen MR) is 97.5 cm³/mol. The number of halogens is 1. The third-order valence-electron chi connectivity index (χ3n) is 3.56. The molecule has 4 aromatic rings. The topological polar surface area (TPSA) is 0 Å². The second kappa shape index (κ2) is 4.86.